The molecule has 2 aromatic rings. The molecule has 0 saturated carbocycles. The number of hydrogen-bond donors (Lipinski definition) is 0. The van der Waals surface area contributed by atoms with Gasteiger partial charge in [-0.1, -0.05) is 42.1 Å². The van der Waals surface area contributed by atoms with Gasteiger partial charge in [0.2, 0.25) is 0 Å². The molecule has 0 spiro atoms. The Morgan fingerprint density at radius 1 is 1.38 bits per heavy atom. The van der Waals surface area contributed by atoms with Gasteiger partial charge in [-0.25, -0.2) is 4.98 Å². The van der Waals surface area contributed by atoms with Crippen molar-refractivity contribution < 1.29 is 4.74 Å². The minimum absolute atomic E-state index is 0.253. The third kappa shape index (κ3) is 3.29. The molecule has 1 aromatic heterocycles. The maximum absolute atomic E-state index is 8.79. The third-order valence-electron chi connectivity index (χ3n) is 3.56. The lowest BCUT2D eigenvalue weighted by atomic mass is 10.1. The van der Waals surface area contributed by atoms with Crippen LogP contribution in [0, 0.1) is 11.3 Å². The Labute approximate surface area is 128 Å². The van der Waals surface area contributed by atoms with Crippen LogP contribution in [0.25, 0.3) is 11.3 Å². The van der Waals surface area contributed by atoms with Crippen molar-refractivity contribution in [3.63, 3.8) is 0 Å². The largest absolute Gasteiger partial charge is 0.376 e. The van der Waals surface area contributed by atoms with Crippen LogP contribution in [0.1, 0.15) is 12.8 Å². The standard InChI is InChI=1S/C16H17N3OS/c17-8-10-21-16-18-11-15(13-5-2-1-3-6-13)19(16)12-14-7-4-9-20-14/h1-3,5-6,11,14H,4,7,9-10,12H2/t14-/m0/s1. The SMILES string of the molecule is N#CCSc1ncc(-c2ccccc2)n1C[C@@H]1CCCO1. The number of imidazole rings is 1. The number of aromatic nitrogens is 2. The first-order chi connectivity index (χ1) is 10.4. The zero-order valence-electron chi connectivity index (χ0n) is 11.7. The lowest BCUT2D eigenvalue weighted by Crippen LogP contribution is -2.16. The molecule has 2 heterocycles. The average molecular weight is 299 g/mol. The van der Waals surface area contributed by atoms with E-state index in [-0.39, 0.29) is 6.10 Å². The molecule has 1 aliphatic rings. The number of ether oxygens (including phenoxy) is 1. The highest BCUT2D eigenvalue weighted by atomic mass is 32.2. The maximum atomic E-state index is 8.79. The number of hydrogen-bond acceptors (Lipinski definition) is 4. The summed E-state index contributed by atoms with van der Waals surface area (Å²) in [4.78, 5) is 4.49. The summed E-state index contributed by atoms with van der Waals surface area (Å²) in [5.41, 5.74) is 2.23. The summed E-state index contributed by atoms with van der Waals surface area (Å²) in [5.74, 6) is 0.413. The van der Waals surface area contributed by atoms with E-state index in [1.54, 1.807) is 0 Å². The van der Waals surface area contributed by atoms with Gasteiger partial charge in [0.25, 0.3) is 0 Å². The van der Waals surface area contributed by atoms with Crippen LogP contribution < -0.4 is 0 Å². The van der Waals surface area contributed by atoms with E-state index in [1.807, 2.05) is 24.4 Å². The Hall–Kier alpha value is -1.77. The minimum Gasteiger partial charge on any atom is -0.376 e. The molecule has 21 heavy (non-hydrogen) atoms. The number of benzene rings is 1. The summed E-state index contributed by atoms with van der Waals surface area (Å²) < 4.78 is 7.94. The normalized spacial score (nSPS) is 17.8. The summed E-state index contributed by atoms with van der Waals surface area (Å²) in [6, 6.07) is 12.4. The van der Waals surface area contributed by atoms with Crippen LogP contribution in [0.4, 0.5) is 0 Å². The van der Waals surface area contributed by atoms with Gasteiger partial charge < -0.3 is 9.30 Å². The van der Waals surface area contributed by atoms with Gasteiger partial charge in [-0.05, 0) is 18.4 Å². The summed E-state index contributed by atoms with van der Waals surface area (Å²) >= 11 is 1.48. The number of nitrogens with zero attached hydrogens (tertiary/aromatic N) is 3. The van der Waals surface area contributed by atoms with Crippen LogP contribution in [0.5, 0.6) is 0 Å². The first-order valence-electron chi connectivity index (χ1n) is 7.11. The van der Waals surface area contributed by atoms with Crippen LogP contribution in [0.15, 0.2) is 41.7 Å². The molecule has 5 heteroatoms. The average Bonchev–Trinajstić information content (AvgIpc) is 3.17. The van der Waals surface area contributed by atoms with E-state index >= 15 is 0 Å². The smallest absolute Gasteiger partial charge is 0.169 e. The molecular weight excluding hydrogens is 282 g/mol. The summed E-state index contributed by atoms with van der Waals surface area (Å²) in [5, 5.41) is 9.69. The van der Waals surface area contributed by atoms with Crippen LogP contribution in [-0.2, 0) is 11.3 Å². The molecular formula is C16H17N3OS. The van der Waals surface area contributed by atoms with E-state index in [1.165, 1.54) is 11.8 Å². The fraction of sp³-hybridized carbons (Fsp3) is 0.375. The van der Waals surface area contributed by atoms with Gasteiger partial charge >= 0.3 is 0 Å². The van der Waals surface area contributed by atoms with Crippen molar-refractivity contribution in [2.24, 2.45) is 0 Å². The van der Waals surface area contributed by atoms with Crippen LogP contribution in [-0.4, -0.2) is 28.0 Å². The van der Waals surface area contributed by atoms with Crippen molar-refractivity contribution in [1.29, 1.82) is 5.26 Å². The maximum Gasteiger partial charge on any atom is 0.169 e. The topological polar surface area (TPSA) is 50.8 Å². The zero-order valence-corrected chi connectivity index (χ0v) is 12.6. The summed E-state index contributed by atoms with van der Waals surface area (Å²) in [6.07, 6.45) is 4.36. The second kappa shape index (κ2) is 6.79. The molecule has 0 radical (unpaired) electrons. The van der Waals surface area contributed by atoms with E-state index in [2.05, 4.69) is 27.8 Å². The molecule has 1 fully saturated rings. The van der Waals surface area contributed by atoms with Crippen LogP contribution in [0.3, 0.4) is 0 Å². The van der Waals surface area contributed by atoms with Gasteiger partial charge in [0, 0.05) is 6.61 Å². The molecule has 1 aliphatic heterocycles. The fourth-order valence-corrected chi connectivity index (χ4v) is 3.23. The Kier molecular flexibility index (Phi) is 4.59. The van der Waals surface area contributed by atoms with Gasteiger partial charge in [-0.2, -0.15) is 5.26 Å². The lowest BCUT2D eigenvalue weighted by molar-refractivity contribution is 0.0954. The predicted molar refractivity (Wildman–Crippen MR) is 83.0 cm³/mol. The van der Waals surface area contributed by atoms with Crippen molar-refractivity contribution in [2.45, 2.75) is 30.6 Å². The molecule has 0 N–H and O–H groups in total. The molecule has 0 aliphatic carbocycles. The first-order valence-corrected chi connectivity index (χ1v) is 8.09. The molecule has 1 aromatic carbocycles. The summed E-state index contributed by atoms with van der Waals surface area (Å²) in [7, 11) is 0. The molecule has 0 unspecified atom stereocenters. The highest BCUT2D eigenvalue weighted by Gasteiger charge is 2.20. The molecule has 0 bridgehead atoms. The van der Waals surface area contributed by atoms with Crippen LogP contribution in [0.2, 0.25) is 0 Å². The lowest BCUT2D eigenvalue weighted by Gasteiger charge is -2.15. The number of thioether (sulfide) groups is 1. The molecule has 108 valence electrons. The highest BCUT2D eigenvalue weighted by Crippen LogP contribution is 2.28. The van der Waals surface area contributed by atoms with Gasteiger partial charge in [-0.3, -0.25) is 0 Å². The molecule has 0 amide bonds. The molecule has 1 saturated heterocycles. The van der Waals surface area contributed by atoms with E-state index in [9.17, 15) is 0 Å². The van der Waals surface area contributed by atoms with Crippen molar-refractivity contribution in [3.8, 4) is 17.3 Å². The van der Waals surface area contributed by atoms with E-state index in [4.69, 9.17) is 10.00 Å². The third-order valence-corrected chi connectivity index (χ3v) is 4.42. The van der Waals surface area contributed by atoms with Gasteiger partial charge in [0.15, 0.2) is 5.16 Å². The van der Waals surface area contributed by atoms with Crippen LogP contribution >= 0.6 is 11.8 Å². The van der Waals surface area contributed by atoms with Gasteiger partial charge in [-0.15, -0.1) is 0 Å². The van der Waals surface area contributed by atoms with Crippen molar-refractivity contribution in [3.05, 3.63) is 36.5 Å². The van der Waals surface area contributed by atoms with Crippen molar-refractivity contribution in [2.75, 3.05) is 12.4 Å². The molecule has 4 nitrogen and oxygen atoms in total. The second-order valence-corrected chi connectivity index (χ2v) is 5.93. The Morgan fingerprint density at radius 2 is 2.24 bits per heavy atom. The number of rotatable bonds is 5. The second-order valence-electron chi connectivity index (χ2n) is 4.98. The summed E-state index contributed by atoms with van der Waals surface area (Å²) in [6.45, 7) is 1.65. The fourth-order valence-electron chi connectivity index (χ4n) is 2.58. The van der Waals surface area contributed by atoms with E-state index in [0.29, 0.717) is 5.75 Å². The van der Waals surface area contributed by atoms with E-state index < -0.39 is 0 Å². The Morgan fingerprint density at radius 3 is 2.95 bits per heavy atom. The quantitative estimate of drug-likeness (QED) is 0.795. The van der Waals surface area contributed by atoms with E-state index in [0.717, 1.165) is 42.4 Å². The van der Waals surface area contributed by atoms with Crippen molar-refractivity contribution >= 4 is 11.8 Å². The monoisotopic (exact) mass is 299 g/mol. The molecule has 3 rings (SSSR count). The minimum atomic E-state index is 0.253. The zero-order chi connectivity index (χ0) is 14.5. The predicted octanol–water partition coefficient (Wildman–Crippen LogP) is 3.34. The first kappa shape index (κ1) is 14.2. The van der Waals surface area contributed by atoms with Crippen molar-refractivity contribution in [1.82, 2.24) is 9.55 Å². The molecule has 1 atom stereocenters. The number of nitriles is 1. The highest BCUT2D eigenvalue weighted by molar-refractivity contribution is 7.99. The van der Waals surface area contributed by atoms with Gasteiger partial charge in [0.05, 0.1) is 36.4 Å². The Bertz CT molecular complexity index is 627. The Balaban J connectivity index is 1.91. The van der Waals surface area contributed by atoms with Gasteiger partial charge in [0.1, 0.15) is 0 Å².